The highest BCUT2D eigenvalue weighted by Crippen LogP contribution is 2.22. The fraction of sp³-hybridized carbons (Fsp3) is 0.579. The Labute approximate surface area is 148 Å². The third-order valence-electron chi connectivity index (χ3n) is 4.08. The molecular formula is C19H27FN2O3. The summed E-state index contributed by atoms with van der Waals surface area (Å²) in [7, 11) is 0. The van der Waals surface area contributed by atoms with Crippen LogP contribution in [0.3, 0.4) is 0 Å². The molecule has 1 heterocycles. The van der Waals surface area contributed by atoms with Crippen LogP contribution in [0.5, 0.6) is 5.75 Å². The number of benzene rings is 1. The predicted molar refractivity (Wildman–Crippen MR) is 94.1 cm³/mol. The summed E-state index contributed by atoms with van der Waals surface area (Å²) in [5, 5.41) is 0. The summed E-state index contributed by atoms with van der Waals surface area (Å²) in [4.78, 5) is 28.3. The number of hydrogen-bond acceptors (Lipinski definition) is 3. The van der Waals surface area contributed by atoms with Crippen LogP contribution in [0.15, 0.2) is 18.2 Å². The van der Waals surface area contributed by atoms with E-state index in [4.69, 9.17) is 4.74 Å². The SMILES string of the molecule is CCOc1ccc(C(=O)N2CCN(C(=O)CC(C)(C)C)CC2)cc1F. The molecule has 0 spiro atoms. The third-order valence-corrected chi connectivity index (χ3v) is 4.08. The Kier molecular flexibility index (Phi) is 6.03. The second-order valence-corrected chi connectivity index (χ2v) is 7.49. The van der Waals surface area contributed by atoms with E-state index in [1.54, 1.807) is 22.8 Å². The molecule has 1 aliphatic rings. The topological polar surface area (TPSA) is 49.9 Å². The molecule has 1 saturated heterocycles. The van der Waals surface area contributed by atoms with Gasteiger partial charge in [-0.2, -0.15) is 0 Å². The number of halogens is 1. The van der Waals surface area contributed by atoms with Gasteiger partial charge < -0.3 is 14.5 Å². The molecular weight excluding hydrogens is 323 g/mol. The molecule has 25 heavy (non-hydrogen) atoms. The van der Waals surface area contributed by atoms with E-state index in [0.29, 0.717) is 44.8 Å². The first kappa shape index (κ1) is 19.2. The fourth-order valence-electron chi connectivity index (χ4n) is 2.81. The van der Waals surface area contributed by atoms with Crippen LogP contribution in [0.25, 0.3) is 0 Å². The van der Waals surface area contributed by atoms with Crippen LogP contribution in [0.4, 0.5) is 4.39 Å². The van der Waals surface area contributed by atoms with Crippen molar-refractivity contribution in [2.24, 2.45) is 5.41 Å². The first-order valence-corrected chi connectivity index (χ1v) is 8.70. The van der Waals surface area contributed by atoms with Crippen molar-refractivity contribution >= 4 is 11.8 Å². The first-order valence-electron chi connectivity index (χ1n) is 8.70. The minimum Gasteiger partial charge on any atom is -0.491 e. The lowest BCUT2D eigenvalue weighted by Crippen LogP contribution is -2.51. The number of carbonyl (C=O) groups is 2. The van der Waals surface area contributed by atoms with E-state index in [0.717, 1.165) is 0 Å². The summed E-state index contributed by atoms with van der Waals surface area (Å²) in [6, 6.07) is 4.27. The average molecular weight is 350 g/mol. The molecule has 0 saturated carbocycles. The lowest BCUT2D eigenvalue weighted by atomic mass is 9.91. The highest BCUT2D eigenvalue weighted by molar-refractivity contribution is 5.94. The number of hydrogen-bond donors (Lipinski definition) is 0. The molecule has 0 N–H and O–H groups in total. The molecule has 1 fully saturated rings. The second-order valence-electron chi connectivity index (χ2n) is 7.49. The van der Waals surface area contributed by atoms with Gasteiger partial charge in [-0.15, -0.1) is 0 Å². The van der Waals surface area contributed by atoms with Gasteiger partial charge >= 0.3 is 0 Å². The number of ether oxygens (including phenoxy) is 1. The molecule has 1 aliphatic heterocycles. The smallest absolute Gasteiger partial charge is 0.254 e. The highest BCUT2D eigenvalue weighted by atomic mass is 19.1. The van der Waals surface area contributed by atoms with E-state index in [1.807, 2.05) is 20.8 Å². The van der Waals surface area contributed by atoms with Gasteiger partial charge in [-0.05, 0) is 30.5 Å². The molecule has 138 valence electrons. The monoisotopic (exact) mass is 350 g/mol. The molecule has 0 atom stereocenters. The van der Waals surface area contributed by atoms with Crippen LogP contribution in [0.1, 0.15) is 44.5 Å². The van der Waals surface area contributed by atoms with Crippen molar-refractivity contribution in [3.05, 3.63) is 29.6 Å². The van der Waals surface area contributed by atoms with Gasteiger partial charge in [0, 0.05) is 38.2 Å². The van der Waals surface area contributed by atoms with Crippen LogP contribution in [-0.4, -0.2) is 54.4 Å². The second kappa shape index (κ2) is 7.85. The zero-order valence-corrected chi connectivity index (χ0v) is 15.5. The van der Waals surface area contributed by atoms with Gasteiger partial charge in [0.1, 0.15) is 0 Å². The number of nitrogens with zero attached hydrogens (tertiary/aromatic N) is 2. The van der Waals surface area contributed by atoms with Crippen LogP contribution >= 0.6 is 0 Å². The molecule has 1 aromatic rings. The lowest BCUT2D eigenvalue weighted by molar-refractivity contribution is -0.134. The molecule has 1 aromatic carbocycles. The van der Waals surface area contributed by atoms with E-state index < -0.39 is 5.82 Å². The van der Waals surface area contributed by atoms with Crippen molar-refractivity contribution in [3.8, 4) is 5.75 Å². The maximum atomic E-state index is 13.9. The van der Waals surface area contributed by atoms with Crippen molar-refractivity contribution in [2.45, 2.75) is 34.1 Å². The largest absolute Gasteiger partial charge is 0.491 e. The first-order chi connectivity index (χ1) is 11.7. The fourth-order valence-corrected chi connectivity index (χ4v) is 2.81. The summed E-state index contributed by atoms with van der Waals surface area (Å²) in [5.74, 6) is -0.486. The molecule has 0 aromatic heterocycles. The summed E-state index contributed by atoms with van der Waals surface area (Å²) in [5.41, 5.74) is 0.250. The molecule has 0 unspecified atom stereocenters. The molecule has 2 rings (SSSR count). The van der Waals surface area contributed by atoms with Crippen LogP contribution in [0, 0.1) is 11.2 Å². The van der Waals surface area contributed by atoms with Crippen LogP contribution in [-0.2, 0) is 4.79 Å². The van der Waals surface area contributed by atoms with Crippen molar-refractivity contribution in [1.82, 2.24) is 9.80 Å². The van der Waals surface area contributed by atoms with Gasteiger partial charge in [0.25, 0.3) is 5.91 Å². The molecule has 0 radical (unpaired) electrons. The number of carbonyl (C=O) groups excluding carboxylic acids is 2. The van der Waals surface area contributed by atoms with Crippen molar-refractivity contribution in [3.63, 3.8) is 0 Å². The van der Waals surface area contributed by atoms with Gasteiger partial charge in [-0.1, -0.05) is 20.8 Å². The Balaban J connectivity index is 1.95. The number of amides is 2. The van der Waals surface area contributed by atoms with Gasteiger partial charge in [0.15, 0.2) is 11.6 Å². The molecule has 0 aliphatic carbocycles. The highest BCUT2D eigenvalue weighted by Gasteiger charge is 2.27. The summed E-state index contributed by atoms with van der Waals surface area (Å²) in [6.07, 6.45) is 0.491. The van der Waals surface area contributed by atoms with Gasteiger partial charge in [-0.3, -0.25) is 9.59 Å². The quantitative estimate of drug-likeness (QED) is 0.839. The minimum absolute atomic E-state index is 0.0517. The molecule has 0 bridgehead atoms. The van der Waals surface area contributed by atoms with E-state index in [2.05, 4.69) is 0 Å². The Hall–Kier alpha value is -2.11. The van der Waals surface area contributed by atoms with Crippen molar-refractivity contribution < 1.29 is 18.7 Å². The molecule has 2 amide bonds. The summed E-state index contributed by atoms with van der Waals surface area (Å²) in [6.45, 7) is 10.2. The van der Waals surface area contributed by atoms with Crippen LogP contribution < -0.4 is 4.74 Å². The van der Waals surface area contributed by atoms with E-state index in [9.17, 15) is 14.0 Å². The van der Waals surface area contributed by atoms with E-state index >= 15 is 0 Å². The minimum atomic E-state index is -0.535. The van der Waals surface area contributed by atoms with Gasteiger partial charge in [-0.25, -0.2) is 4.39 Å². The Morgan fingerprint density at radius 1 is 1.12 bits per heavy atom. The molecule has 5 nitrogen and oxygen atoms in total. The van der Waals surface area contributed by atoms with Crippen molar-refractivity contribution in [2.75, 3.05) is 32.8 Å². The normalized spacial score (nSPS) is 15.2. The van der Waals surface area contributed by atoms with E-state index in [-0.39, 0.29) is 23.0 Å². The van der Waals surface area contributed by atoms with E-state index in [1.165, 1.54) is 12.1 Å². The maximum Gasteiger partial charge on any atom is 0.254 e. The maximum absolute atomic E-state index is 13.9. The molecule has 6 heteroatoms. The zero-order chi connectivity index (χ0) is 18.6. The van der Waals surface area contributed by atoms with Gasteiger partial charge in [0.05, 0.1) is 6.61 Å². The van der Waals surface area contributed by atoms with Crippen molar-refractivity contribution in [1.29, 1.82) is 0 Å². The Bertz CT molecular complexity index is 632. The summed E-state index contributed by atoms with van der Waals surface area (Å²) >= 11 is 0. The summed E-state index contributed by atoms with van der Waals surface area (Å²) < 4.78 is 19.1. The van der Waals surface area contributed by atoms with Gasteiger partial charge in [0.2, 0.25) is 5.91 Å². The zero-order valence-electron chi connectivity index (χ0n) is 15.5. The average Bonchev–Trinajstić information content (AvgIpc) is 2.55. The predicted octanol–water partition coefficient (Wildman–Crippen LogP) is 2.95. The lowest BCUT2D eigenvalue weighted by Gasteiger charge is -2.36. The Morgan fingerprint density at radius 2 is 1.72 bits per heavy atom. The van der Waals surface area contributed by atoms with Crippen LogP contribution in [0.2, 0.25) is 0 Å². The number of rotatable bonds is 4. The Morgan fingerprint density at radius 3 is 2.24 bits per heavy atom. The number of piperazine rings is 1. The third kappa shape index (κ3) is 5.18. The standard InChI is InChI=1S/C19H27FN2O3/c1-5-25-16-7-6-14(12-15(16)20)18(24)22-10-8-21(9-11-22)17(23)13-19(2,3)4/h6-7,12H,5,8-11,13H2,1-4H3.